The Labute approximate surface area is 92.4 Å². The van der Waals surface area contributed by atoms with Crippen LogP contribution in [-0.2, 0) is 4.74 Å². The molecule has 2 unspecified atom stereocenters. The summed E-state index contributed by atoms with van der Waals surface area (Å²) in [6.07, 6.45) is 7.85. The van der Waals surface area contributed by atoms with Gasteiger partial charge in [-0.15, -0.1) is 0 Å². The van der Waals surface area contributed by atoms with E-state index in [-0.39, 0.29) is 0 Å². The van der Waals surface area contributed by atoms with E-state index in [4.69, 9.17) is 4.74 Å². The maximum Gasteiger partial charge on any atom is 0.0588 e. The van der Waals surface area contributed by atoms with Gasteiger partial charge in [-0.2, -0.15) is 0 Å². The molecular formula is C12H23NO2. The minimum absolute atomic E-state index is 0.325. The molecule has 88 valence electrons. The van der Waals surface area contributed by atoms with Gasteiger partial charge in [0.1, 0.15) is 0 Å². The maximum absolute atomic E-state index is 9.28. The van der Waals surface area contributed by atoms with Gasteiger partial charge in [-0.05, 0) is 38.6 Å². The first kappa shape index (κ1) is 11.4. The summed E-state index contributed by atoms with van der Waals surface area (Å²) < 4.78 is 5.62. The minimum atomic E-state index is 0.325. The molecule has 3 nitrogen and oxygen atoms in total. The molecule has 2 fully saturated rings. The molecule has 0 aliphatic carbocycles. The Hall–Kier alpha value is -0.120. The van der Waals surface area contributed by atoms with E-state index in [1.165, 1.54) is 32.1 Å². The van der Waals surface area contributed by atoms with Gasteiger partial charge in [-0.3, -0.25) is 4.90 Å². The molecule has 2 saturated heterocycles. The molecular weight excluding hydrogens is 190 g/mol. The molecule has 2 heterocycles. The van der Waals surface area contributed by atoms with E-state index in [1.807, 2.05) is 0 Å². The fraction of sp³-hybridized carbons (Fsp3) is 1.00. The summed E-state index contributed by atoms with van der Waals surface area (Å²) in [4.78, 5) is 2.45. The van der Waals surface area contributed by atoms with Gasteiger partial charge in [-0.25, -0.2) is 0 Å². The Balaban J connectivity index is 1.71. The average Bonchev–Trinajstić information content (AvgIpc) is 2.79. The van der Waals surface area contributed by atoms with Gasteiger partial charge < -0.3 is 9.84 Å². The van der Waals surface area contributed by atoms with Gasteiger partial charge in [0, 0.05) is 19.2 Å². The summed E-state index contributed by atoms with van der Waals surface area (Å²) in [6, 6.07) is 0.417. The lowest BCUT2D eigenvalue weighted by Gasteiger charge is -2.35. The first-order chi connectivity index (χ1) is 7.40. The fourth-order valence-electron chi connectivity index (χ4n) is 2.74. The van der Waals surface area contributed by atoms with Crippen molar-refractivity contribution in [3.63, 3.8) is 0 Å². The van der Waals surface area contributed by atoms with E-state index >= 15 is 0 Å². The molecule has 0 amide bonds. The molecule has 15 heavy (non-hydrogen) atoms. The molecule has 0 aromatic carbocycles. The first-order valence-corrected chi connectivity index (χ1v) is 6.36. The Kier molecular flexibility index (Phi) is 4.42. The third-order valence-electron chi connectivity index (χ3n) is 3.72. The average molecular weight is 213 g/mol. The summed E-state index contributed by atoms with van der Waals surface area (Å²) in [7, 11) is 0. The van der Waals surface area contributed by atoms with Crippen molar-refractivity contribution in [2.24, 2.45) is 0 Å². The molecule has 0 aromatic heterocycles. The second-order valence-electron chi connectivity index (χ2n) is 4.79. The van der Waals surface area contributed by atoms with Crippen molar-refractivity contribution in [1.29, 1.82) is 0 Å². The summed E-state index contributed by atoms with van der Waals surface area (Å²) in [6.45, 7) is 3.55. The highest BCUT2D eigenvalue weighted by molar-refractivity contribution is 4.77. The van der Waals surface area contributed by atoms with Gasteiger partial charge in [0.25, 0.3) is 0 Å². The molecule has 2 aliphatic rings. The maximum atomic E-state index is 9.28. The summed E-state index contributed by atoms with van der Waals surface area (Å²) in [5.41, 5.74) is 0. The zero-order valence-corrected chi connectivity index (χ0v) is 9.53. The van der Waals surface area contributed by atoms with Gasteiger partial charge >= 0.3 is 0 Å². The normalized spacial score (nSPS) is 33.4. The fourth-order valence-corrected chi connectivity index (χ4v) is 2.74. The van der Waals surface area contributed by atoms with E-state index in [1.54, 1.807) is 0 Å². The molecule has 1 N–H and O–H groups in total. The molecule has 0 spiro atoms. The molecule has 3 heteroatoms. The molecule has 2 rings (SSSR count). The quantitative estimate of drug-likeness (QED) is 0.766. The number of aliphatic hydroxyl groups is 1. The molecule has 2 aliphatic heterocycles. The van der Waals surface area contributed by atoms with Gasteiger partial charge in [0.2, 0.25) is 0 Å². The molecule has 0 bridgehead atoms. The van der Waals surface area contributed by atoms with E-state index in [2.05, 4.69) is 4.90 Å². The van der Waals surface area contributed by atoms with Crippen LogP contribution in [0, 0.1) is 0 Å². The minimum Gasteiger partial charge on any atom is -0.395 e. The van der Waals surface area contributed by atoms with Gasteiger partial charge in [0.05, 0.1) is 12.7 Å². The summed E-state index contributed by atoms with van der Waals surface area (Å²) >= 11 is 0. The van der Waals surface area contributed by atoms with E-state index in [0.29, 0.717) is 18.8 Å². The number of hydrogen-bond donors (Lipinski definition) is 1. The smallest absolute Gasteiger partial charge is 0.0588 e. The van der Waals surface area contributed by atoms with E-state index < -0.39 is 0 Å². The van der Waals surface area contributed by atoms with Crippen LogP contribution in [0.4, 0.5) is 0 Å². The third kappa shape index (κ3) is 3.16. The van der Waals surface area contributed by atoms with Crippen LogP contribution in [0.5, 0.6) is 0 Å². The van der Waals surface area contributed by atoms with Crippen LogP contribution < -0.4 is 0 Å². The number of nitrogens with zero attached hydrogens (tertiary/aromatic N) is 1. The highest BCUT2D eigenvalue weighted by atomic mass is 16.5. The molecule has 2 atom stereocenters. The summed E-state index contributed by atoms with van der Waals surface area (Å²) in [5, 5.41) is 9.28. The lowest BCUT2D eigenvalue weighted by molar-refractivity contribution is 0.0570. The van der Waals surface area contributed by atoms with Crippen LogP contribution in [0.1, 0.15) is 38.5 Å². The van der Waals surface area contributed by atoms with Crippen LogP contribution >= 0.6 is 0 Å². The highest BCUT2D eigenvalue weighted by Crippen LogP contribution is 2.20. The standard InChI is InChI=1S/C12H23NO2/c14-10-11-4-1-2-7-13(11)8-6-12-5-3-9-15-12/h11-12,14H,1-10H2. The number of piperidine rings is 1. The lowest BCUT2D eigenvalue weighted by Crippen LogP contribution is -2.43. The number of likely N-dealkylation sites (tertiary alicyclic amines) is 1. The zero-order chi connectivity index (χ0) is 10.5. The molecule has 0 saturated carbocycles. The van der Waals surface area contributed by atoms with Crippen molar-refractivity contribution in [2.45, 2.75) is 50.7 Å². The summed E-state index contributed by atoms with van der Waals surface area (Å²) in [5.74, 6) is 0. The third-order valence-corrected chi connectivity index (χ3v) is 3.72. The van der Waals surface area contributed by atoms with Crippen LogP contribution in [-0.4, -0.2) is 48.5 Å². The monoisotopic (exact) mass is 213 g/mol. The highest BCUT2D eigenvalue weighted by Gasteiger charge is 2.23. The Morgan fingerprint density at radius 1 is 1.20 bits per heavy atom. The second kappa shape index (κ2) is 5.83. The topological polar surface area (TPSA) is 32.7 Å². The molecule has 0 radical (unpaired) electrons. The largest absolute Gasteiger partial charge is 0.395 e. The first-order valence-electron chi connectivity index (χ1n) is 6.36. The Bertz CT molecular complexity index is 180. The molecule has 0 aromatic rings. The van der Waals surface area contributed by atoms with Crippen molar-refractivity contribution >= 4 is 0 Å². The number of rotatable bonds is 4. The number of hydrogen-bond acceptors (Lipinski definition) is 3. The lowest BCUT2D eigenvalue weighted by atomic mass is 10.0. The van der Waals surface area contributed by atoms with Crippen molar-refractivity contribution in [2.75, 3.05) is 26.3 Å². The van der Waals surface area contributed by atoms with Crippen LogP contribution in [0.3, 0.4) is 0 Å². The number of ether oxygens (including phenoxy) is 1. The SMILES string of the molecule is OCC1CCCCN1CCC1CCCO1. The Morgan fingerprint density at radius 3 is 2.87 bits per heavy atom. The predicted molar refractivity (Wildman–Crippen MR) is 59.9 cm³/mol. The van der Waals surface area contributed by atoms with Crippen molar-refractivity contribution in [3.05, 3.63) is 0 Å². The Morgan fingerprint density at radius 2 is 2.13 bits per heavy atom. The van der Waals surface area contributed by atoms with E-state index in [0.717, 1.165) is 26.1 Å². The van der Waals surface area contributed by atoms with Crippen LogP contribution in [0.25, 0.3) is 0 Å². The van der Waals surface area contributed by atoms with Gasteiger partial charge in [-0.1, -0.05) is 6.42 Å². The van der Waals surface area contributed by atoms with Crippen LogP contribution in [0.15, 0.2) is 0 Å². The van der Waals surface area contributed by atoms with Crippen molar-refractivity contribution in [3.8, 4) is 0 Å². The zero-order valence-electron chi connectivity index (χ0n) is 9.53. The van der Waals surface area contributed by atoms with E-state index in [9.17, 15) is 5.11 Å². The van der Waals surface area contributed by atoms with Gasteiger partial charge in [0.15, 0.2) is 0 Å². The van der Waals surface area contributed by atoms with Crippen molar-refractivity contribution in [1.82, 2.24) is 4.90 Å². The second-order valence-corrected chi connectivity index (χ2v) is 4.79. The number of aliphatic hydroxyl groups excluding tert-OH is 1. The van der Waals surface area contributed by atoms with Crippen LogP contribution in [0.2, 0.25) is 0 Å². The predicted octanol–water partition coefficient (Wildman–Crippen LogP) is 1.40. The van der Waals surface area contributed by atoms with Crippen molar-refractivity contribution < 1.29 is 9.84 Å².